The molecule has 1 unspecified atom stereocenters. The van der Waals surface area contributed by atoms with E-state index in [1.807, 2.05) is 30.3 Å². The van der Waals surface area contributed by atoms with Gasteiger partial charge in [0.1, 0.15) is 0 Å². The van der Waals surface area contributed by atoms with Gasteiger partial charge in [-0.1, -0.05) is 35.5 Å². The summed E-state index contributed by atoms with van der Waals surface area (Å²) in [6, 6.07) is 9.41. The van der Waals surface area contributed by atoms with Gasteiger partial charge < -0.3 is 15.0 Å². The van der Waals surface area contributed by atoms with E-state index in [0.29, 0.717) is 12.2 Å². The average molecular weight is 339 g/mol. The van der Waals surface area contributed by atoms with Crippen LogP contribution >= 0.6 is 0 Å². The maximum Gasteiger partial charge on any atom is 0.276 e. The maximum absolute atomic E-state index is 12.5. The zero-order valence-corrected chi connectivity index (χ0v) is 13.4. The largest absolute Gasteiger partial charge is 0.376 e. The summed E-state index contributed by atoms with van der Waals surface area (Å²) in [5, 5.41) is 10.6. The highest BCUT2D eigenvalue weighted by Crippen LogP contribution is 2.15. The van der Waals surface area contributed by atoms with Crippen LogP contribution in [0, 0.1) is 0 Å². The number of aromatic nitrogens is 4. The Morgan fingerprint density at radius 3 is 2.96 bits per heavy atom. The summed E-state index contributed by atoms with van der Waals surface area (Å²) >= 11 is 0. The second-order valence-electron chi connectivity index (χ2n) is 5.94. The smallest absolute Gasteiger partial charge is 0.276 e. The Balaban J connectivity index is 1.63. The van der Waals surface area contributed by atoms with Gasteiger partial charge in [0.25, 0.3) is 11.5 Å². The van der Waals surface area contributed by atoms with Crippen LogP contribution in [0.2, 0.25) is 0 Å². The Bertz CT molecular complexity index is 957. The van der Waals surface area contributed by atoms with E-state index in [1.54, 1.807) is 6.20 Å². The van der Waals surface area contributed by atoms with E-state index in [9.17, 15) is 9.59 Å². The molecule has 0 bridgehead atoms. The normalized spacial score (nSPS) is 17.0. The highest BCUT2D eigenvalue weighted by Gasteiger charge is 2.21. The number of H-pyrrole nitrogens is 1. The number of aromatic amines is 1. The zero-order chi connectivity index (χ0) is 17.2. The molecule has 1 amide bonds. The highest BCUT2D eigenvalue weighted by molar-refractivity contribution is 5.98. The molecule has 2 aromatic heterocycles. The predicted molar refractivity (Wildman–Crippen MR) is 90.4 cm³/mol. The van der Waals surface area contributed by atoms with Crippen molar-refractivity contribution < 1.29 is 9.53 Å². The Morgan fingerprint density at radius 2 is 2.20 bits per heavy atom. The van der Waals surface area contributed by atoms with Gasteiger partial charge in [-0.2, -0.15) is 0 Å². The van der Waals surface area contributed by atoms with Crippen LogP contribution < -0.4 is 10.9 Å². The lowest BCUT2D eigenvalue weighted by atomic mass is 10.2. The van der Waals surface area contributed by atoms with Crippen LogP contribution in [-0.2, 0) is 4.74 Å². The Labute approximate surface area is 142 Å². The molecule has 0 aliphatic carbocycles. The van der Waals surface area contributed by atoms with Crippen LogP contribution in [-0.4, -0.2) is 45.0 Å². The molecule has 1 atom stereocenters. The molecule has 1 saturated heterocycles. The van der Waals surface area contributed by atoms with Crippen molar-refractivity contribution >= 4 is 11.4 Å². The molecule has 3 aromatic rings. The summed E-state index contributed by atoms with van der Waals surface area (Å²) in [5.41, 5.74) is 1.19. The van der Waals surface area contributed by atoms with E-state index in [0.717, 1.165) is 25.0 Å². The minimum absolute atomic E-state index is 0.0128. The molecular formula is C17H17N5O3. The first-order valence-electron chi connectivity index (χ1n) is 8.16. The predicted octanol–water partition coefficient (Wildman–Crippen LogP) is 0.993. The molecule has 0 saturated carbocycles. The Morgan fingerprint density at radius 1 is 1.36 bits per heavy atom. The van der Waals surface area contributed by atoms with Gasteiger partial charge in [-0.05, 0) is 18.4 Å². The van der Waals surface area contributed by atoms with Gasteiger partial charge in [-0.15, -0.1) is 5.10 Å². The van der Waals surface area contributed by atoms with E-state index in [2.05, 4.69) is 20.6 Å². The number of nitrogens with zero attached hydrogens (tertiary/aromatic N) is 3. The lowest BCUT2D eigenvalue weighted by Crippen LogP contribution is -2.32. The van der Waals surface area contributed by atoms with Gasteiger partial charge in [0.05, 0.1) is 18.0 Å². The molecule has 1 aliphatic rings. The minimum atomic E-state index is -0.427. The molecular weight excluding hydrogens is 322 g/mol. The minimum Gasteiger partial charge on any atom is -0.376 e. The molecule has 8 heteroatoms. The molecule has 0 spiro atoms. The monoisotopic (exact) mass is 339 g/mol. The van der Waals surface area contributed by atoms with E-state index in [4.69, 9.17) is 4.74 Å². The first-order valence-corrected chi connectivity index (χ1v) is 8.16. The molecule has 8 nitrogen and oxygen atoms in total. The number of fused-ring (bicyclic) bond motifs is 1. The molecule has 0 radical (unpaired) electrons. The van der Waals surface area contributed by atoms with Crippen LogP contribution in [0.5, 0.6) is 0 Å². The van der Waals surface area contributed by atoms with Crippen molar-refractivity contribution in [3.8, 4) is 11.3 Å². The van der Waals surface area contributed by atoms with Gasteiger partial charge in [0.15, 0.2) is 11.2 Å². The van der Waals surface area contributed by atoms with Gasteiger partial charge >= 0.3 is 0 Å². The van der Waals surface area contributed by atoms with Crippen molar-refractivity contribution in [2.45, 2.75) is 18.9 Å². The fourth-order valence-electron chi connectivity index (χ4n) is 2.94. The standard InChI is InChI=1S/C17H17N5O3/c23-16(18-9-12-7-4-8-25-12)14-15-17(24)19-13(10-22(15)21-20-14)11-5-2-1-3-6-11/h1-3,5-6,10,12H,4,7-9H2,(H,18,23)(H,19,24). The molecule has 1 aromatic carbocycles. The van der Waals surface area contributed by atoms with Gasteiger partial charge in [-0.25, -0.2) is 4.52 Å². The second kappa shape index (κ2) is 6.48. The van der Waals surface area contributed by atoms with E-state index < -0.39 is 11.5 Å². The van der Waals surface area contributed by atoms with Crippen molar-refractivity contribution in [3.05, 3.63) is 52.6 Å². The molecule has 25 heavy (non-hydrogen) atoms. The number of carbonyl (C=O) groups is 1. The molecule has 1 aliphatic heterocycles. The van der Waals surface area contributed by atoms with Gasteiger partial charge in [0.2, 0.25) is 0 Å². The molecule has 128 valence electrons. The van der Waals surface area contributed by atoms with Gasteiger partial charge in [-0.3, -0.25) is 9.59 Å². The maximum atomic E-state index is 12.5. The van der Waals surface area contributed by atoms with Crippen LogP contribution in [0.4, 0.5) is 0 Å². The lowest BCUT2D eigenvalue weighted by molar-refractivity contribution is 0.0855. The SMILES string of the molecule is O=C(NCC1CCCO1)c1nnn2cc(-c3ccccc3)[nH]c(=O)c12. The number of ether oxygens (including phenoxy) is 1. The first-order chi connectivity index (χ1) is 12.2. The van der Waals surface area contributed by atoms with Crippen LogP contribution in [0.25, 0.3) is 16.8 Å². The number of hydrogen-bond acceptors (Lipinski definition) is 5. The summed E-state index contributed by atoms with van der Waals surface area (Å²) in [4.78, 5) is 27.6. The number of benzene rings is 1. The fourth-order valence-corrected chi connectivity index (χ4v) is 2.94. The second-order valence-corrected chi connectivity index (χ2v) is 5.94. The fraction of sp³-hybridized carbons (Fsp3) is 0.294. The quantitative estimate of drug-likeness (QED) is 0.738. The number of nitrogens with one attached hydrogen (secondary N) is 2. The summed E-state index contributed by atoms with van der Waals surface area (Å²) < 4.78 is 6.81. The third-order valence-corrected chi connectivity index (χ3v) is 4.22. The Hall–Kier alpha value is -3.00. The summed E-state index contributed by atoms with van der Waals surface area (Å²) in [5.74, 6) is -0.427. The molecule has 1 fully saturated rings. The first kappa shape index (κ1) is 15.5. The Kier molecular flexibility index (Phi) is 4.02. The van der Waals surface area contributed by atoms with E-state index in [-0.39, 0.29) is 17.3 Å². The van der Waals surface area contributed by atoms with E-state index >= 15 is 0 Å². The van der Waals surface area contributed by atoms with Crippen molar-refractivity contribution in [3.63, 3.8) is 0 Å². The summed E-state index contributed by atoms with van der Waals surface area (Å²) in [6.45, 7) is 1.12. The molecule has 3 heterocycles. The topological polar surface area (TPSA) is 101 Å². The summed E-state index contributed by atoms with van der Waals surface area (Å²) in [6.07, 6.45) is 3.59. The lowest BCUT2D eigenvalue weighted by Gasteiger charge is -2.09. The highest BCUT2D eigenvalue weighted by atomic mass is 16.5. The molecule has 4 rings (SSSR count). The zero-order valence-electron chi connectivity index (χ0n) is 13.4. The van der Waals surface area contributed by atoms with Crippen LogP contribution in [0.3, 0.4) is 0 Å². The summed E-state index contributed by atoms with van der Waals surface area (Å²) in [7, 11) is 0. The van der Waals surface area contributed by atoms with Crippen LogP contribution in [0.1, 0.15) is 23.3 Å². The van der Waals surface area contributed by atoms with Crippen LogP contribution in [0.15, 0.2) is 41.3 Å². The van der Waals surface area contributed by atoms with Gasteiger partial charge in [0, 0.05) is 13.2 Å². The number of amides is 1. The van der Waals surface area contributed by atoms with Crippen molar-refractivity contribution in [2.75, 3.05) is 13.2 Å². The molecule has 2 N–H and O–H groups in total. The number of rotatable bonds is 4. The number of carbonyl (C=O) groups excluding carboxylic acids is 1. The third-order valence-electron chi connectivity index (χ3n) is 4.22. The van der Waals surface area contributed by atoms with Crippen molar-refractivity contribution in [1.29, 1.82) is 0 Å². The van der Waals surface area contributed by atoms with Crippen molar-refractivity contribution in [2.24, 2.45) is 0 Å². The average Bonchev–Trinajstić information content (AvgIpc) is 3.30. The third kappa shape index (κ3) is 3.03. The van der Waals surface area contributed by atoms with E-state index in [1.165, 1.54) is 4.52 Å². The number of hydrogen-bond donors (Lipinski definition) is 2. The van der Waals surface area contributed by atoms with Crippen molar-refractivity contribution in [1.82, 2.24) is 25.1 Å².